The molecule has 4 aliphatic rings. The molecule has 2 aromatic rings. The van der Waals surface area contributed by atoms with Crippen LogP contribution in [0.4, 0.5) is 20.7 Å². The molecule has 206 valence electrons. The molecule has 39 heavy (non-hydrogen) atoms. The number of alkyl halides is 1. The minimum atomic E-state index is -1.41. The van der Waals surface area contributed by atoms with E-state index in [1.54, 1.807) is 42.4 Å². The Morgan fingerprint density at radius 2 is 1.79 bits per heavy atom. The quantitative estimate of drug-likeness (QED) is 0.540. The number of amides is 2. The first-order valence-electron chi connectivity index (χ1n) is 13.7. The molecule has 2 amide bonds. The van der Waals surface area contributed by atoms with Crippen LogP contribution >= 0.6 is 11.6 Å². The molecule has 3 fully saturated rings. The van der Waals surface area contributed by atoms with Crippen LogP contribution in [-0.4, -0.2) is 85.3 Å². The fraction of sp³-hybridized carbons (Fsp3) is 0.448. The van der Waals surface area contributed by atoms with Gasteiger partial charge in [-0.15, -0.1) is 11.6 Å². The van der Waals surface area contributed by atoms with Crippen molar-refractivity contribution in [2.24, 2.45) is 0 Å². The van der Waals surface area contributed by atoms with E-state index in [2.05, 4.69) is 15.1 Å². The summed E-state index contributed by atoms with van der Waals surface area (Å²) in [4.78, 5) is 24.3. The molecule has 0 spiro atoms. The maximum absolute atomic E-state index is 16.2. The fourth-order valence-corrected chi connectivity index (χ4v) is 6.58. The first-order chi connectivity index (χ1) is 18.9. The van der Waals surface area contributed by atoms with Crippen LogP contribution < -0.4 is 15.1 Å². The lowest BCUT2D eigenvalue weighted by Crippen LogP contribution is -2.44. The number of pyridine rings is 1. The van der Waals surface area contributed by atoms with Crippen LogP contribution in [0.3, 0.4) is 0 Å². The zero-order valence-electron chi connectivity index (χ0n) is 22.2. The third-order valence-corrected chi connectivity index (χ3v) is 8.77. The molecule has 0 radical (unpaired) electrons. The van der Waals surface area contributed by atoms with Gasteiger partial charge < -0.3 is 25.1 Å². The molecule has 3 aliphatic heterocycles. The van der Waals surface area contributed by atoms with E-state index >= 15 is 4.39 Å². The third kappa shape index (κ3) is 4.61. The van der Waals surface area contributed by atoms with Gasteiger partial charge in [0.1, 0.15) is 16.5 Å². The summed E-state index contributed by atoms with van der Waals surface area (Å²) in [6, 6.07) is 8.63. The number of likely N-dealkylation sites (N-methyl/N-ethyl adjacent to an activating group) is 1. The molecular formula is C29H34ClFN6O2. The number of benzene rings is 1. The van der Waals surface area contributed by atoms with Gasteiger partial charge in [-0.05, 0) is 42.2 Å². The number of allylic oxidation sites excluding steroid dienone is 4. The van der Waals surface area contributed by atoms with Crippen LogP contribution in [0, 0.1) is 0 Å². The Morgan fingerprint density at radius 3 is 2.49 bits per heavy atom. The molecule has 1 atom stereocenters. The molecule has 2 N–H and O–H groups in total. The Morgan fingerprint density at radius 1 is 1.05 bits per heavy atom. The molecule has 0 bridgehead atoms. The fourth-order valence-electron chi connectivity index (χ4n) is 6.14. The molecule has 0 saturated carbocycles. The second-order valence-corrected chi connectivity index (χ2v) is 11.4. The van der Waals surface area contributed by atoms with Gasteiger partial charge in [0.05, 0.1) is 11.4 Å². The maximum Gasteiger partial charge on any atom is 0.324 e. The monoisotopic (exact) mass is 552 g/mol. The number of hydrogen-bond donors (Lipinski definition) is 2. The summed E-state index contributed by atoms with van der Waals surface area (Å²) in [7, 11) is 1.71. The van der Waals surface area contributed by atoms with Crippen molar-refractivity contribution in [3.8, 4) is 5.75 Å². The van der Waals surface area contributed by atoms with Crippen LogP contribution in [0.15, 0.2) is 54.1 Å². The van der Waals surface area contributed by atoms with Gasteiger partial charge in [-0.1, -0.05) is 18.2 Å². The van der Waals surface area contributed by atoms with Gasteiger partial charge >= 0.3 is 6.03 Å². The van der Waals surface area contributed by atoms with Crippen molar-refractivity contribution in [1.29, 1.82) is 0 Å². The number of rotatable bonds is 5. The van der Waals surface area contributed by atoms with Crippen LogP contribution in [0.25, 0.3) is 5.57 Å². The zero-order chi connectivity index (χ0) is 27.1. The number of phenolic OH excluding ortho intramolecular Hbond substituents is 1. The first kappa shape index (κ1) is 26.0. The number of nitrogens with one attached hydrogen (secondary N) is 1. The SMILES string of the molecule is CN1CCN(C2=C(F)C=C(c3ccccc3O)CC2(Cl)c2cnc(N3CCCC3)c(N3CCNCC3)c2)C1=O. The van der Waals surface area contributed by atoms with E-state index in [4.69, 9.17) is 16.6 Å². The molecule has 6 rings (SSSR count). The maximum atomic E-state index is 16.2. The van der Waals surface area contributed by atoms with Gasteiger partial charge in [-0.2, -0.15) is 0 Å². The average molecular weight is 553 g/mol. The molecule has 1 aromatic heterocycles. The van der Waals surface area contributed by atoms with Crippen molar-refractivity contribution < 1.29 is 14.3 Å². The van der Waals surface area contributed by atoms with E-state index in [9.17, 15) is 9.90 Å². The zero-order valence-corrected chi connectivity index (χ0v) is 22.9. The van der Waals surface area contributed by atoms with E-state index in [1.807, 2.05) is 6.07 Å². The van der Waals surface area contributed by atoms with Crippen molar-refractivity contribution in [1.82, 2.24) is 20.1 Å². The topological polar surface area (TPSA) is 75.2 Å². The summed E-state index contributed by atoms with van der Waals surface area (Å²) >= 11 is 7.56. The largest absolute Gasteiger partial charge is 0.507 e. The van der Waals surface area contributed by atoms with E-state index in [0.717, 1.165) is 63.6 Å². The number of nitrogens with zero attached hydrogens (tertiary/aromatic N) is 5. The number of aromatic nitrogens is 1. The number of carbonyl (C=O) groups excluding carboxylic acids is 1. The molecule has 10 heteroatoms. The average Bonchev–Trinajstić information content (AvgIpc) is 3.60. The Balaban J connectivity index is 1.50. The number of anilines is 2. The second kappa shape index (κ2) is 10.4. The Labute approximate surface area is 233 Å². The summed E-state index contributed by atoms with van der Waals surface area (Å²) in [5, 5.41) is 14.0. The van der Waals surface area contributed by atoms with Crippen LogP contribution in [-0.2, 0) is 4.87 Å². The van der Waals surface area contributed by atoms with Gasteiger partial charge in [0.15, 0.2) is 5.82 Å². The Kier molecular flexibility index (Phi) is 6.89. The number of carbonyl (C=O) groups is 1. The Hall–Kier alpha value is -3.30. The highest BCUT2D eigenvalue weighted by molar-refractivity contribution is 6.27. The van der Waals surface area contributed by atoms with E-state index < -0.39 is 10.7 Å². The van der Waals surface area contributed by atoms with Crippen LogP contribution in [0.1, 0.15) is 30.4 Å². The van der Waals surface area contributed by atoms with Crippen LogP contribution in [0.2, 0.25) is 0 Å². The molecule has 4 heterocycles. The normalized spacial score (nSPS) is 24.2. The van der Waals surface area contributed by atoms with Gasteiger partial charge in [0, 0.05) is 77.6 Å². The lowest BCUT2D eigenvalue weighted by molar-refractivity contribution is 0.203. The highest BCUT2D eigenvalue weighted by Crippen LogP contribution is 2.52. The van der Waals surface area contributed by atoms with Crippen LogP contribution in [0.5, 0.6) is 5.75 Å². The summed E-state index contributed by atoms with van der Waals surface area (Å²) in [5.41, 5.74) is 2.84. The number of phenols is 1. The van der Waals surface area contributed by atoms with Crippen molar-refractivity contribution in [3.63, 3.8) is 0 Å². The first-order valence-corrected chi connectivity index (χ1v) is 14.1. The number of para-hydroxylation sites is 1. The van der Waals surface area contributed by atoms with Gasteiger partial charge in [-0.3, -0.25) is 4.90 Å². The lowest BCUT2D eigenvalue weighted by Gasteiger charge is -2.39. The molecular weight excluding hydrogens is 519 g/mol. The summed E-state index contributed by atoms with van der Waals surface area (Å²) in [6.45, 7) is 6.12. The standard InChI is InChI=1S/C29H34ClFN6O2/c1-34-14-15-37(28(34)39)26-23(31)16-20(22-6-2-3-7-25(22)38)18-29(26,30)21-17-24(35-12-8-32-9-13-35)27(33-19-21)36-10-4-5-11-36/h2-3,6-7,16-17,19,32,38H,4-5,8-15,18H2,1H3. The predicted molar refractivity (Wildman–Crippen MR) is 152 cm³/mol. The molecule has 1 aromatic carbocycles. The molecule has 1 aliphatic carbocycles. The number of aromatic hydroxyl groups is 1. The highest BCUT2D eigenvalue weighted by Gasteiger charge is 2.47. The number of halogens is 2. The van der Waals surface area contributed by atoms with Gasteiger partial charge in [-0.25, -0.2) is 14.2 Å². The van der Waals surface area contributed by atoms with Crippen molar-refractivity contribution in [3.05, 3.63) is 65.3 Å². The minimum absolute atomic E-state index is 0.0556. The number of urea groups is 1. The van der Waals surface area contributed by atoms with Crippen molar-refractivity contribution in [2.45, 2.75) is 24.1 Å². The predicted octanol–water partition coefficient (Wildman–Crippen LogP) is 4.27. The Bertz CT molecular complexity index is 1340. The lowest BCUT2D eigenvalue weighted by atomic mass is 9.81. The third-order valence-electron chi connectivity index (χ3n) is 8.24. The molecule has 1 unspecified atom stereocenters. The summed E-state index contributed by atoms with van der Waals surface area (Å²) in [5.74, 6) is 0.402. The highest BCUT2D eigenvalue weighted by atomic mass is 35.5. The van der Waals surface area contributed by atoms with E-state index in [0.29, 0.717) is 29.8 Å². The van der Waals surface area contributed by atoms with Gasteiger partial charge in [0.2, 0.25) is 0 Å². The summed E-state index contributed by atoms with van der Waals surface area (Å²) < 4.78 is 16.2. The molecule has 8 nitrogen and oxygen atoms in total. The van der Waals surface area contributed by atoms with Gasteiger partial charge in [0.25, 0.3) is 0 Å². The molecule has 3 saturated heterocycles. The number of hydrogen-bond acceptors (Lipinski definition) is 6. The van der Waals surface area contributed by atoms with E-state index in [1.165, 1.54) is 11.0 Å². The minimum Gasteiger partial charge on any atom is -0.507 e. The van der Waals surface area contributed by atoms with Crippen molar-refractivity contribution in [2.75, 3.05) is 69.2 Å². The second-order valence-electron chi connectivity index (χ2n) is 10.7. The number of piperazine rings is 1. The van der Waals surface area contributed by atoms with Crippen molar-refractivity contribution >= 4 is 34.7 Å². The van der Waals surface area contributed by atoms with E-state index in [-0.39, 0.29) is 23.9 Å². The smallest absolute Gasteiger partial charge is 0.324 e. The summed E-state index contributed by atoms with van der Waals surface area (Å²) in [6.07, 6.45) is 5.59.